The number of aromatic nitrogens is 2. The Labute approximate surface area is 98.4 Å². The van der Waals surface area contributed by atoms with Crippen molar-refractivity contribution in [3.63, 3.8) is 0 Å². The molecule has 2 aromatic rings. The van der Waals surface area contributed by atoms with Gasteiger partial charge in [0, 0.05) is 29.7 Å². The van der Waals surface area contributed by atoms with Crippen LogP contribution in [0.25, 0.3) is 11.1 Å². The Kier molecular flexibility index (Phi) is 2.84. The number of rotatable bonds is 1. The highest BCUT2D eigenvalue weighted by Crippen LogP contribution is 2.29. The third-order valence-corrected chi connectivity index (χ3v) is 2.57. The van der Waals surface area contributed by atoms with Gasteiger partial charge in [0.2, 0.25) is 0 Å². The van der Waals surface area contributed by atoms with Gasteiger partial charge in [-0.1, -0.05) is 17.7 Å². The number of hydrogen-bond donors (Lipinski definition) is 0. The first kappa shape index (κ1) is 10.6. The summed E-state index contributed by atoms with van der Waals surface area (Å²) >= 11 is 5.90. The summed E-state index contributed by atoms with van der Waals surface area (Å²) in [6.07, 6.45) is 5.05. The lowest BCUT2D eigenvalue weighted by Crippen LogP contribution is -1.93. The van der Waals surface area contributed by atoms with E-state index in [9.17, 15) is 0 Å². The first-order valence-corrected chi connectivity index (χ1v) is 5.07. The van der Waals surface area contributed by atoms with Crippen LogP contribution in [0, 0.1) is 18.3 Å². The van der Waals surface area contributed by atoms with Crippen LogP contribution in [0.15, 0.2) is 30.7 Å². The molecule has 0 amide bonds. The molecule has 2 heterocycles. The van der Waals surface area contributed by atoms with Gasteiger partial charge in [-0.05, 0) is 18.6 Å². The minimum absolute atomic E-state index is 0.229. The first-order chi connectivity index (χ1) is 7.74. The molecule has 2 aromatic heterocycles. The van der Waals surface area contributed by atoms with Gasteiger partial charge in [-0.3, -0.25) is 4.98 Å². The highest BCUT2D eigenvalue weighted by atomic mass is 35.5. The summed E-state index contributed by atoms with van der Waals surface area (Å²) < 4.78 is 0. The molecule has 3 nitrogen and oxygen atoms in total. The molecule has 0 radical (unpaired) electrons. The fourth-order valence-corrected chi connectivity index (χ4v) is 1.75. The van der Waals surface area contributed by atoms with Crippen molar-refractivity contribution in [1.29, 1.82) is 5.26 Å². The van der Waals surface area contributed by atoms with E-state index >= 15 is 0 Å². The number of halogens is 1. The normalized spacial score (nSPS) is 9.81. The second-order valence-electron chi connectivity index (χ2n) is 3.34. The minimum Gasteiger partial charge on any atom is -0.264 e. The zero-order chi connectivity index (χ0) is 11.5. The molecular weight excluding hydrogens is 222 g/mol. The Balaban J connectivity index is 2.75. The molecule has 0 spiro atoms. The largest absolute Gasteiger partial charge is 0.264 e. The van der Waals surface area contributed by atoms with E-state index in [1.807, 2.05) is 19.1 Å². The number of nitriles is 1. The van der Waals surface area contributed by atoms with Gasteiger partial charge >= 0.3 is 0 Å². The summed E-state index contributed by atoms with van der Waals surface area (Å²) in [6.45, 7) is 1.90. The topological polar surface area (TPSA) is 49.6 Å². The zero-order valence-electron chi connectivity index (χ0n) is 8.61. The van der Waals surface area contributed by atoms with Crippen molar-refractivity contribution >= 4 is 11.6 Å². The predicted octanol–water partition coefficient (Wildman–Crippen LogP) is 2.98. The van der Waals surface area contributed by atoms with Crippen molar-refractivity contribution in [3.8, 4) is 17.2 Å². The van der Waals surface area contributed by atoms with Gasteiger partial charge in [-0.15, -0.1) is 0 Å². The number of nitrogens with zero attached hydrogens (tertiary/aromatic N) is 3. The quantitative estimate of drug-likeness (QED) is 0.707. The van der Waals surface area contributed by atoms with E-state index in [1.165, 1.54) is 0 Å². The van der Waals surface area contributed by atoms with Gasteiger partial charge < -0.3 is 0 Å². The molecule has 0 saturated carbocycles. The van der Waals surface area contributed by atoms with Gasteiger partial charge in [0.05, 0.1) is 5.56 Å². The van der Waals surface area contributed by atoms with Gasteiger partial charge in [-0.2, -0.15) is 5.26 Å². The minimum atomic E-state index is 0.229. The molecule has 16 heavy (non-hydrogen) atoms. The maximum atomic E-state index is 9.09. The zero-order valence-corrected chi connectivity index (χ0v) is 9.36. The van der Waals surface area contributed by atoms with E-state index < -0.39 is 0 Å². The number of aryl methyl sites for hydroxylation is 1. The van der Waals surface area contributed by atoms with Crippen LogP contribution in [-0.2, 0) is 0 Å². The van der Waals surface area contributed by atoms with Crippen molar-refractivity contribution < 1.29 is 0 Å². The average molecular weight is 230 g/mol. The summed E-state index contributed by atoms with van der Waals surface area (Å²) in [7, 11) is 0. The summed E-state index contributed by atoms with van der Waals surface area (Å²) in [6, 6.07) is 5.80. The molecule has 0 unspecified atom stereocenters. The van der Waals surface area contributed by atoms with Crippen LogP contribution in [0.5, 0.6) is 0 Å². The fraction of sp³-hybridized carbons (Fsp3) is 0.0833. The Morgan fingerprint density at radius 2 is 2.19 bits per heavy atom. The van der Waals surface area contributed by atoms with Crippen molar-refractivity contribution in [2.75, 3.05) is 0 Å². The monoisotopic (exact) mass is 229 g/mol. The Bertz CT molecular complexity index is 558. The molecule has 0 aromatic carbocycles. The van der Waals surface area contributed by atoms with E-state index in [2.05, 4.69) is 16.0 Å². The summed E-state index contributed by atoms with van der Waals surface area (Å²) in [5.41, 5.74) is 2.99. The highest BCUT2D eigenvalue weighted by molar-refractivity contribution is 6.31. The SMILES string of the molecule is Cc1cnc(Cl)c(C#N)c1-c1cccnc1. The van der Waals surface area contributed by atoms with E-state index in [4.69, 9.17) is 16.9 Å². The molecule has 78 valence electrons. The third-order valence-electron chi connectivity index (χ3n) is 2.28. The molecular formula is C12H8ClN3. The van der Waals surface area contributed by atoms with Gasteiger partial charge in [0.25, 0.3) is 0 Å². The molecule has 4 heteroatoms. The molecule has 0 aliphatic carbocycles. The highest BCUT2D eigenvalue weighted by Gasteiger charge is 2.12. The van der Waals surface area contributed by atoms with Gasteiger partial charge in [0.1, 0.15) is 11.2 Å². The van der Waals surface area contributed by atoms with Crippen LogP contribution >= 0.6 is 11.6 Å². The molecule has 2 rings (SSSR count). The lowest BCUT2D eigenvalue weighted by Gasteiger charge is -2.08. The molecule has 0 atom stereocenters. The fourth-order valence-electron chi connectivity index (χ4n) is 1.57. The molecule has 0 N–H and O–H groups in total. The number of pyridine rings is 2. The standard InChI is InChI=1S/C12H8ClN3/c1-8-6-16-12(13)10(5-14)11(8)9-3-2-4-15-7-9/h2-4,6-7H,1H3. The Morgan fingerprint density at radius 3 is 2.81 bits per heavy atom. The van der Waals surface area contributed by atoms with Crippen LogP contribution in [0.3, 0.4) is 0 Å². The van der Waals surface area contributed by atoms with Gasteiger partial charge in [-0.25, -0.2) is 4.98 Å². The predicted molar refractivity (Wildman–Crippen MR) is 61.9 cm³/mol. The Morgan fingerprint density at radius 1 is 1.38 bits per heavy atom. The van der Waals surface area contributed by atoms with Crippen molar-refractivity contribution in [2.45, 2.75) is 6.92 Å². The lowest BCUT2D eigenvalue weighted by molar-refractivity contribution is 1.24. The second kappa shape index (κ2) is 4.30. The van der Waals surface area contributed by atoms with Crippen LogP contribution in [-0.4, -0.2) is 9.97 Å². The lowest BCUT2D eigenvalue weighted by atomic mass is 10.00. The van der Waals surface area contributed by atoms with Crippen LogP contribution in [0.1, 0.15) is 11.1 Å². The summed E-state index contributed by atoms with van der Waals surface area (Å²) in [5, 5.41) is 9.32. The van der Waals surface area contributed by atoms with Gasteiger partial charge in [0.15, 0.2) is 0 Å². The van der Waals surface area contributed by atoms with E-state index in [-0.39, 0.29) is 5.15 Å². The van der Waals surface area contributed by atoms with Crippen molar-refractivity contribution in [1.82, 2.24) is 9.97 Å². The summed E-state index contributed by atoms with van der Waals surface area (Å²) in [4.78, 5) is 7.99. The summed E-state index contributed by atoms with van der Waals surface area (Å²) in [5.74, 6) is 0. The maximum Gasteiger partial charge on any atom is 0.147 e. The average Bonchev–Trinajstić information content (AvgIpc) is 2.33. The second-order valence-corrected chi connectivity index (χ2v) is 3.69. The van der Waals surface area contributed by atoms with Crippen molar-refractivity contribution in [2.24, 2.45) is 0 Å². The number of hydrogen-bond acceptors (Lipinski definition) is 3. The molecule has 0 bridgehead atoms. The van der Waals surface area contributed by atoms with E-state index in [1.54, 1.807) is 18.6 Å². The molecule has 0 aliphatic heterocycles. The molecule has 0 aliphatic rings. The smallest absolute Gasteiger partial charge is 0.147 e. The van der Waals surface area contributed by atoms with Crippen LogP contribution in [0.2, 0.25) is 5.15 Å². The third kappa shape index (κ3) is 1.75. The molecule has 0 fully saturated rings. The Hall–Kier alpha value is -1.92. The van der Waals surface area contributed by atoms with Crippen LogP contribution in [0.4, 0.5) is 0 Å². The van der Waals surface area contributed by atoms with Crippen LogP contribution < -0.4 is 0 Å². The molecule has 0 saturated heterocycles. The van der Waals surface area contributed by atoms with E-state index in [0.717, 1.165) is 16.7 Å². The van der Waals surface area contributed by atoms with Crippen molar-refractivity contribution in [3.05, 3.63) is 47.0 Å². The maximum absolute atomic E-state index is 9.09. The van der Waals surface area contributed by atoms with E-state index in [0.29, 0.717) is 5.56 Å². The first-order valence-electron chi connectivity index (χ1n) is 4.69.